The van der Waals surface area contributed by atoms with Gasteiger partial charge < -0.3 is 10.8 Å². The van der Waals surface area contributed by atoms with E-state index in [1.54, 1.807) is 11.8 Å². The van der Waals surface area contributed by atoms with E-state index >= 15 is 0 Å². The molecule has 0 saturated carbocycles. The summed E-state index contributed by atoms with van der Waals surface area (Å²) < 4.78 is 31.6. The molecule has 5 N–H and O–H groups in total. The predicted octanol–water partition coefficient (Wildman–Crippen LogP) is -1.15. The zero-order valence-electron chi connectivity index (χ0n) is 7.45. The van der Waals surface area contributed by atoms with Crippen LogP contribution in [-0.2, 0) is 15.2 Å². The van der Waals surface area contributed by atoms with E-state index < -0.39 is 22.4 Å². The second kappa shape index (κ2) is 11.1. The molecular weight excluding hydrogens is 257 g/mol. The van der Waals surface area contributed by atoms with Gasteiger partial charge in [0.15, 0.2) is 0 Å². The molecule has 0 bridgehead atoms. The van der Waals surface area contributed by atoms with Crippen LogP contribution >= 0.6 is 11.8 Å². The van der Waals surface area contributed by atoms with E-state index in [4.69, 9.17) is 28.4 Å². The number of hydrogen-bond acceptors (Lipinski definition) is 5. The van der Waals surface area contributed by atoms with Crippen LogP contribution in [0.2, 0.25) is 0 Å². The third kappa shape index (κ3) is 31.3. The van der Waals surface area contributed by atoms with Gasteiger partial charge in [-0.05, 0) is 18.4 Å². The molecule has 0 amide bonds. The minimum absolute atomic E-state index is 0. The van der Waals surface area contributed by atoms with Crippen molar-refractivity contribution in [1.29, 1.82) is 0 Å². The molecule has 1 unspecified atom stereocenters. The van der Waals surface area contributed by atoms with Crippen molar-refractivity contribution in [3.8, 4) is 0 Å². The molecule has 15 heavy (non-hydrogen) atoms. The summed E-state index contributed by atoms with van der Waals surface area (Å²) in [4.78, 5) is 10.1. The molecule has 0 fully saturated rings. The van der Waals surface area contributed by atoms with Gasteiger partial charge in [-0.3, -0.25) is 13.9 Å². The Labute approximate surface area is 115 Å². The van der Waals surface area contributed by atoms with Gasteiger partial charge in [0.1, 0.15) is 6.04 Å². The van der Waals surface area contributed by atoms with E-state index in [1.807, 2.05) is 6.26 Å². The van der Waals surface area contributed by atoms with E-state index in [0.29, 0.717) is 6.42 Å². The number of carbonyl (C=O) groups is 1. The Bertz CT molecular complexity index is 248. The Morgan fingerprint density at radius 3 is 2.00 bits per heavy atom. The molecule has 0 aromatic rings. The van der Waals surface area contributed by atoms with Gasteiger partial charge in [0.2, 0.25) is 0 Å². The van der Waals surface area contributed by atoms with Crippen molar-refractivity contribution in [1.82, 2.24) is 0 Å². The first-order valence-corrected chi connectivity index (χ1v) is 6.14. The first-order valence-electron chi connectivity index (χ1n) is 3.35. The average Bonchev–Trinajstić information content (AvgIpc) is 1.96. The van der Waals surface area contributed by atoms with E-state index in [2.05, 4.69) is 0 Å². The molecule has 0 aliphatic rings. The first kappa shape index (κ1) is 21.0. The number of carboxylic acids is 1. The SMILES string of the molecule is CSCCC(N)C(=O)O.O=S(=O)(O)O.[NaH]. The van der Waals surface area contributed by atoms with Crippen LogP contribution in [0.5, 0.6) is 0 Å². The van der Waals surface area contributed by atoms with Gasteiger partial charge in [-0.25, -0.2) is 0 Å². The van der Waals surface area contributed by atoms with E-state index in [1.165, 1.54) is 0 Å². The fraction of sp³-hybridized carbons (Fsp3) is 0.800. The third-order valence-corrected chi connectivity index (χ3v) is 1.59. The van der Waals surface area contributed by atoms with Gasteiger partial charge in [-0.1, -0.05) is 0 Å². The Kier molecular flexibility index (Phi) is 15.6. The first-order chi connectivity index (χ1) is 6.18. The number of carboxylic acid groups (broad SMARTS) is 1. The predicted molar refractivity (Wildman–Crippen MR) is 59.9 cm³/mol. The molecule has 0 spiro atoms. The van der Waals surface area contributed by atoms with Crippen LogP contribution in [0.15, 0.2) is 0 Å². The molecule has 7 nitrogen and oxygen atoms in total. The van der Waals surface area contributed by atoms with Crippen molar-refractivity contribution in [2.75, 3.05) is 12.0 Å². The molecule has 0 aliphatic carbocycles. The van der Waals surface area contributed by atoms with Gasteiger partial charge in [0.25, 0.3) is 0 Å². The second-order valence-electron chi connectivity index (χ2n) is 2.17. The molecule has 0 aromatic heterocycles. The quantitative estimate of drug-likeness (QED) is 0.371. The van der Waals surface area contributed by atoms with Crippen molar-refractivity contribution in [3.63, 3.8) is 0 Å². The molecule has 1 atom stereocenters. The summed E-state index contributed by atoms with van der Waals surface area (Å²) in [5, 5.41) is 8.27. The van der Waals surface area contributed by atoms with Crippen molar-refractivity contribution in [2.45, 2.75) is 12.5 Å². The number of hydrogen-bond donors (Lipinski definition) is 4. The molecule has 0 aromatic carbocycles. The second-order valence-corrected chi connectivity index (χ2v) is 4.06. The van der Waals surface area contributed by atoms with Crippen LogP contribution < -0.4 is 5.73 Å². The summed E-state index contributed by atoms with van der Waals surface area (Å²) in [6.45, 7) is 0. The number of nitrogens with two attached hydrogens (primary N) is 1. The fourth-order valence-electron chi connectivity index (χ4n) is 0.368. The molecule has 0 heterocycles. The van der Waals surface area contributed by atoms with Crippen LogP contribution in [0.3, 0.4) is 0 Å². The zero-order valence-corrected chi connectivity index (χ0v) is 9.08. The van der Waals surface area contributed by atoms with Gasteiger partial charge in [0, 0.05) is 0 Å². The normalized spacial score (nSPS) is 11.7. The number of aliphatic carboxylic acids is 1. The minimum atomic E-state index is -4.67. The van der Waals surface area contributed by atoms with Crippen molar-refractivity contribution in [2.24, 2.45) is 5.73 Å². The summed E-state index contributed by atoms with van der Waals surface area (Å²) in [6, 6.07) is -0.683. The van der Waals surface area contributed by atoms with E-state index in [9.17, 15) is 4.79 Å². The maximum atomic E-state index is 10.1. The van der Waals surface area contributed by atoms with Crippen LogP contribution in [0.4, 0.5) is 0 Å². The Morgan fingerprint density at radius 1 is 1.47 bits per heavy atom. The van der Waals surface area contributed by atoms with Crippen molar-refractivity contribution in [3.05, 3.63) is 0 Å². The molecule has 0 aliphatic heterocycles. The summed E-state index contributed by atoms with van der Waals surface area (Å²) in [7, 11) is -4.67. The Balaban J connectivity index is -0.000000208. The Hall–Kier alpha value is 0.650. The van der Waals surface area contributed by atoms with Gasteiger partial charge >= 0.3 is 45.9 Å². The van der Waals surface area contributed by atoms with Gasteiger partial charge in [0.05, 0.1) is 0 Å². The average molecular weight is 271 g/mol. The zero-order chi connectivity index (χ0) is 11.8. The van der Waals surface area contributed by atoms with Crippen LogP contribution in [0.1, 0.15) is 6.42 Å². The number of thioether (sulfide) groups is 1. The molecule has 0 radical (unpaired) electrons. The molecule has 0 rings (SSSR count). The standard InChI is InChI=1S/C5H11NO2S.Na.H2O4S.H/c1-9-3-2-4(6)5(7)8;;1-5(2,3)4;/h4H,2-3,6H2,1H3,(H,7,8);;(H2,1,2,3,4);. The maximum absolute atomic E-state index is 10.1. The molecule has 88 valence electrons. The third-order valence-electron chi connectivity index (χ3n) is 0.950. The molecule has 10 heteroatoms. The Morgan fingerprint density at radius 2 is 1.80 bits per heavy atom. The molecular formula is C5H14NNaO6S2. The summed E-state index contributed by atoms with van der Waals surface area (Å²) in [6.07, 6.45) is 2.48. The van der Waals surface area contributed by atoms with Crippen LogP contribution in [0, 0.1) is 0 Å². The summed E-state index contributed by atoms with van der Waals surface area (Å²) in [5.74, 6) is -0.1000. The fourth-order valence-corrected chi connectivity index (χ4v) is 0.858. The van der Waals surface area contributed by atoms with Crippen LogP contribution in [-0.4, -0.2) is 76.2 Å². The summed E-state index contributed by atoms with van der Waals surface area (Å²) >= 11 is 1.60. The molecule has 0 saturated heterocycles. The van der Waals surface area contributed by atoms with E-state index in [-0.39, 0.29) is 29.6 Å². The van der Waals surface area contributed by atoms with E-state index in [0.717, 1.165) is 5.75 Å². The topological polar surface area (TPSA) is 138 Å². The number of rotatable bonds is 4. The van der Waals surface area contributed by atoms with Crippen molar-refractivity contribution < 1.29 is 27.4 Å². The van der Waals surface area contributed by atoms with Crippen molar-refractivity contribution >= 4 is 57.7 Å². The van der Waals surface area contributed by atoms with Gasteiger partial charge in [-0.15, -0.1) is 0 Å². The van der Waals surface area contributed by atoms with Gasteiger partial charge in [-0.2, -0.15) is 20.2 Å². The summed E-state index contributed by atoms with van der Waals surface area (Å²) in [5.41, 5.74) is 5.19. The van der Waals surface area contributed by atoms with Crippen LogP contribution in [0.25, 0.3) is 0 Å². The monoisotopic (exact) mass is 271 g/mol.